The Bertz CT molecular complexity index is 1450. The summed E-state index contributed by atoms with van der Waals surface area (Å²) >= 11 is 6.93. The van der Waals surface area contributed by atoms with Crippen LogP contribution in [0.25, 0.3) is 11.1 Å². The van der Waals surface area contributed by atoms with Crippen molar-refractivity contribution < 1.29 is 19.1 Å². The molecule has 0 aromatic heterocycles. The molecule has 0 fully saturated rings. The molecule has 0 saturated carbocycles. The largest absolute Gasteiger partial charge is 0.493 e. The summed E-state index contributed by atoms with van der Waals surface area (Å²) < 4.78 is 12.5. The van der Waals surface area contributed by atoms with Crippen LogP contribution in [0.1, 0.15) is 45.7 Å². The highest BCUT2D eigenvalue weighted by Gasteiger charge is 2.14. The molecule has 206 valence electrons. The van der Waals surface area contributed by atoms with Crippen molar-refractivity contribution >= 4 is 55.0 Å². The van der Waals surface area contributed by atoms with Crippen molar-refractivity contribution in [3.05, 3.63) is 104 Å². The number of nitrogens with one attached hydrogen (secondary N) is 2. The number of aryl methyl sites for hydroxylation is 2. The molecule has 0 spiro atoms. The number of hydrogen-bond acceptors (Lipinski definition) is 4. The summed E-state index contributed by atoms with van der Waals surface area (Å²) in [5, 5.41) is 5.99. The van der Waals surface area contributed by atoms with Gasteiger partial charge in [-0.1, -0.05) is 12.1 Å². The fourth-order valence-corrected chi connectivity index (χ4v) is 5.17. The first kappa shape index (κ1) is 29.4. The maximum Gasteiger partial charge on any atom is 0.255 e. The summed E-state index contributed by atoms with van der Waals surface area (Å²) in [7, 11) is 0. The lowest BCUT2D eigenvalue weighted by atomic mass is 9.99. The molecule has 2 amide bonds. The average Bonchev–Trinajstić information content (AvgIpc) is 2.93. The smallest absolute Gasteiger partial charge is 0.255 e. The molecule has 0 atom stereocenters. The van der Waals surface area contributed by atoms with Crippen molar-refractivity contribution in [1.29, 1.82) is 0 Å². The van der Waals surface area contributed by atoms with E-state index in [1.54, 1.807) is 36.4 Å². The molecule has 0 aliphatic carbocycles. The van der Waals surface area contributed by atoms with Crippen LogP contribution in [0, 0.1) is 13.8 Å². The Morgan fingerprint density at radius 3 is 1.35 bits per heavy atom. The highest BCUT2D eigenvalue weighted by Crippen LogP contribution is 2.31. The SMILES string of the molecule is CCOc1ccc(C(=O)Nc2ccc(-c3ccc(NC(=O)c4ccc(OCC)c(Br)c4)c(C)c3)cc2C)cc1Br. The summed E-state index contributed by atoms with van der Waals surface area (Å²) in [6, 6.07) is 22.4. The zero-order chi connectivity index (χ0) is 28.8. The maximum atomic E-state index is 12.9. The molecule has 0 bridgehead atoms. The van der Waals surface area contributed by atoms with E-state index < -0.39 is 0 Å². The molecule has 4 rings (SSSR count). The van der Waals surface area contributed by atoms with E-state index in [2.05, 4.69) is 42.5 Å². The Kier molecular flexibility index (Phi) is 9.66. The topological polar surface area (TPSA) is 76.7 Å². The summed E-state index contributed by atoms with van der Waals surface area (Å²) in [6.45, 7) is 8.85. The van der Waals surface area contributed by atoms with E-state index in [0.717, 1.165) is 42.6 Å². The molecule has 0 unspecified atom stereocenters. The molecule has 40 heavy (non-hydrogen) atoms. The van der Waals surface area contributed by atoms with Crippen molar-refractivity contribution in [2.75, 3.05) is 23.8 Å². The molecular weight excluding hydrogens is 636 g/mol. The maximum absolute atomic E-state index is 12.9. The quantitative estimate of drug-likeness (QED) is 0.187. The third-order valence-corrected chi connectivity index (χ3v) is 7.51. The van der Waals surface area contributed by atoms with E-state index in [0.29, 0.717) is 35.8 Å². The van der Waals surface area contributed by atoms with Crippen LogP contribution in [0.2, 0.25) is 0 Å². The third kappa shape index (κ3) is 6.92. The number of hydrogen-bond donors (Lipinski definition) is 2. The molecule has 8 heteroatoms. The molecule has 0 saturated heterocycles. The molecule has 0 heterocycles. The first-order valence-corrected chi connectivity index (χ1v) is 14.5. The van der Waals surface area contributed by atoms with Crippen LogP contribution in [0.4, 0.5) is 11.4 Å². The van der Waals surface area contributed by atoms with Gasteiger partial charge in [0.05, 0.1) is 22.2 Å². The lowest BCUT2D eigenvalue weighted by Crippen LogP contribution is -2.13. The van der Waals surface area contributed by atoms with Crippen LogP contribution in [-0.2, 0) is 0 Å². The van der Waals surface area contributed by atoms with E-state index in [1.165, 1.54) is 0 Å². The van der Waals surface area contributed by atoms with Gasteiger partial charge in [0.15, 0.2) is 0 Å². The summed E-state index contributed by atoms with van der Waals surface area (Å²) in [5.74, 6) is 1.000. The molecule has 0 aliphatic heterocycles. The summed E-state index contributed by atoms with van der Waals surface area (Å²) in [6.07, 6.45) is 0. The van der Waals surface area contributed by atoms with Gasteiger partial charge >= 0.3 is 0 Å². The number of amides is 2. The van der Waals surface area contributed by atoms with Crippen LogP contribution < -0.4 is 20.1 Å². The number of carbonyl (C=O) groups excluding carboxylic acids is 2. The lowest BCUT2D eigenvalue weighted by molar-refractivity contribution is 0.101. The number of anilines is 2. The Labute approximate surface area is 251 Å². The summed E-state index contributed by atoms with van der Waals surface area (Å²) in [5.41, 5.74) is 6.43. The fourth-order valence-electron chi connectivity index (χ4n) is 4.19. The van der Waals surface area contributed by atoms with Gasteiger partial charge in [0.2, 0.25) is 0 Å². The second-order valence-electron chi connectivity index (χ2n) is 9.12. The van der Waals surface area contributed by atoms with Crippen molar-refractivity contribution in [3.63, 3.8) is 0 Å². The molecule has 0 radical (unpaired) electrons. The van der Waals surface area contributed by atoms with E-state index in [1.807, 2.05) is 64.1 Å². The average molecular weight is 666 g/mol. The third-order valence-electron chi connectivity index (χ3n) is 6.27. The minimum absolute atomic E-state index is 0.199. The Morgan fingerprint density at radius 2 is 1.02 bits per heavy atom. The first-order chi connectivity index (χ1) is 19.2. The first-order valence-electron chi connectivity index (χ1n) is 12.9. The zero-order valence-corrected chi connectivity index (χ0v) is 25.9. The van der Waals surface area contributed by atoms with Gasteiger partial charge in [0.25, 0.3) is 11.8 Å². The number of rotatable bonds is 9. The second kappa shape index (κ2) is 13.2. The van der Waals surface area contributed by atoms with Crippen LogP contribution in [0.5, 0.6) is 11.5 Å². The monoisotopic (exact) mass is 664 g/mol. The Morgan fingerprint density at radius 1 is 0.625 bits per heavy atom. The van der Waals surface area contributed by atoms with Gasteiger partial charge in [-0.3, -0.25) is 9.59 Å². The fraction of sp³-hybridized carbons (Fsp3) is 0.188. The number of carbonyl (C=O) groups is 2. The molecule has 6 nitrogen and oxygen atoms in total. The van der Waals surface area contributed by atoms with E-state index >= 15 is 0 Å². The predicted octanol–water partition coefficient (Wildman–Crippen LogP) is 8.80. The van der Waals surface area contributed by atoms with Crippen LogP contribution in [-0.4, -0.2) is 25.0 Å². The van der Waals surface area contributed by atoms with Gasteiger partial charge in [-0.05, 0) is 142 Å². The molecule has 0 aliphatic rings. The second-order valence-corrected chi connectivity index (χ2v) is 10.8. The summed E-state index contributed by atoms with van der Waals surface area (Å²) in [4.78, 5) is 25.7. The van der Waals surface area contributed by atoms with Gasteiger partial charge < -0.3 is 20.1 Å². The van der Waals surface area contributed by atoms with E-state index in [9.17, 15) is 9.59 Å². The van der Waals surface area contributed by atoms with Crippen molar-refractivity contribution in [2.45, 2.75) is 27.7 Å². The van der Waals surface area contributed by atoms with E-state index in [-0.39, 0.29) is 11.8 Å². The van der Waals surface area contributed by atoms with Crippen molar-refractivity contribution in [3.8, 4) is 22.6 Å². The van der Waals surface area contributed by atoms with Crippen molar-refractivity contribution in [2.24, 2.45) is 0 Å². The van der Waals surface area contributed by atoms with Gasteiger partial charge in [-0.2, -0.15) is 0 Å². The van der Waals surface area contributed by atoms with Crippen LogP contribution in [0.3, 0.4) is 0 Å². The number of halogens is 2. The molecule has 2 N–H and O–H groups in total. The highest BCUT2D eigenvalue weighted by atomic mass is 79.9. The lowest BCUT2D eigenvalue weighted by Gasteiger charge is -2.14. The highest BCUT2D eigenvalue weighted by molar-refractivity contribution is 9.10. The zero-order valence-electron chi connectivity index (χ0n) is 22.7. The van der Waals surface area contributed by atoms with Gasteiger partial charge in [0.1, 0.15) is 11.5 Å². The normalized spacial score (nSPS) is 10.7. The predicted molar refractivity (Wildman–Crippen MR) is 168 cm³/mol. The van der Waals surface area contributed by atoms with Gasteiger partial charge in [0, 0.05) is 22.5 Å². The molecule has 4 aromatic carbocycles. The van der Waals surface area contributed by atoms with Gasteiger partial charge in [-0.15, -0.1) is 0 Å². The Balaban J connectivity index is 1.46. The Hall–Kier alpha value is -3.62. The minimum atomic E-state index is -0.199. The van der Waals surface area contributed by atoms with Crippen LogP contribution >= 0.6 is 31.9 Å². The number of ether oxygens (including phenoxy) is 2. The van der Waals surface area contributed by atoms with E-state index in [4.69, 9.17) is 9.47 Å². The molecular formula is C32H30Br2N2O4. The van der Waals surface area contributed by atoms with Crippen molar-refractivity contribution in [1.82, 2.24) is 0 Å². The minimum Gasteiger partial charge on any atom is -0.493 e. The van der Waals surface area contributed by atoms with Gasteiger partial charge in [-0.25, -0.2) is 0 Å². The number of benzene rings is 4. The standard InChI is InChI=1S/C32H30Br2N2O4/c1-5-39-29-13-9-23(17-25(29)33)31(37)35-27-11-7-21(15-19(27)3)22-8-12-28(20(4)16-22)36-32(38)24-10-14-30(40-6-2)26(34)18-24/h7-18H,5-6H2,1-4H3,(H,35,37)(H,36,38). The molecule has 4 aromatic rings. The van der Waals surface area contributed by atoms with Crippen LogP contribution in [0.15, 0.2) is 81.7 Å².